The molecule has 0 saturated heterocycles. The summed E-state index contributed by atoms with van der Waals surface area (Å²) in [4.78, 5) is 0. The lowest BCUT2D eigenvalue weighted by molar-refractivity contribution is 0.869. The Morgan fingerprint density at radius 1 is 0.367 bits per heavy atom. The van der Waals surface area contributed by atoms with E-state index in [0.717, 1.165) is 0 Å². The van der Waals surface area contributed by atoms with Gasteiger partial charge in [-0.1, -0.05) is 132 Å². The number of aryl methyl sites for hydroxylation is 8. The van der Waals surface area contributed by atoms with Gasteiger partial charge in [0, 0.05) is 44.0 Å². The average Bonchev–Trinajstić information content (AvgIpc) is 3.68. The first-order valence-electron chi connectivity index (χ1n) is 22.2. The maximum absolute atomic E-state index is 2.66. The second-order valence-corrected chi connectivity index (χ2v) is 19.5. The molecule has 9 aromatic rings. The zero-order chi connectivity index (χ0) is 41.8. The molecule has 0 aliphatic carbocycles. The molecule has 0 unspecified atom stereocenters. The number of rotatable bonds is 4. The van der Waals surface area contributed by atoms with Crippen molar-refractivity contribution >= 4 is 89.8 Å². The van der Waals surface area contributed by atoms with Crippen LogP contribution in [-0.2, 0) is 0 Å². The molecule has 294 valence electrons. The summed E-state index contributed by atoms with van der Waals surface area (Å²) in [7, 11) is 0. The Bertz CT molecular complexity index is 3100. The predicted octanol–water partition coefficient (Wildman–Crippen LogP) is 10.3. The Morgan fingerprint density at radius 3 is 1.08 bits per heavy atom. The molecule has 0 spiro atoms. The van der Waals surface area contributed by atoms with Crippen LogP contribution in [0.15, 0.2) is 97.1 Å². The molecule has 2 aliphatic rings. The van der Waals surface area contributed by atoms with Gasteiger partial charge in [-0.3, -0.25) is 0 Å². The van der Waals surface area contributed by atoms with E-state index in [1.54, 1.807) is 0 Å². The quantitative estimate of drug-likeness (QED) is 0.158. The third kappa shape index (κ3) is 5.09. The zero-order valence-electron chi connectivity index (χ0n) is 37.4. The van der Waals surface area contributed by atoms with Crippen molar-refractivity contribution in [3.63, 3.8) is 0 Å². The van der Waals surface area contributed by atoms with Crippen LogP contribution in [0.5, 0.6) is 0 Å². The summed E-state index contributed by atoms with van der Waals surface area (Å²) >= 11 is 0. The van der Waals surface area contributed by atoms with Gasteiger partial charge in [0.2, 0.25) is 13.4 Å². The van der Waals surface area contributed by atoms with E-state index in [0.29, 0.717) is 11.8 Å². The SMILES string of the molecule is Cc1cc(C)c(B2c3cc4c(cc3-n3c5ccc(C)cc5c5cc(C(C)C)cc2c53)B(c2c(C)cc(C)cc2C)c2cc(C(C)C)cc3c5cc(C)ccc5n-4c23)c(C)c1. The van der Waals surface area contributed by atoms with E-state index in [2.05, 4.69) is 189 Å². The predicted molar refractivity (Wildman–Crippen MR) is 263 cm³/mol. The average molecular weight is 777 g/mol. The fraction of sp³-hybridized carbons (Fsp3) is 0.250. The van der Waals surface area contributed by atoms with Gasteiger partial charge in [-0.25, -0.2) is 0 Å². The molecule has 60 heavy (non-hydrogen) atoms. The molecule has 7 aromatic carbocycles. The van der Waals surface area contributed by atoms with E-state index in [1.165, 1.54) is 143 Å². The zero-order valence-corrected chi connectivity index (χ0v) is 37.4. The van der Waals surface area contributed by atoms with Crippen molar-refractivity contribution < 1.29 is 0 Å². The second kappa shape index (κ2) is 12.9. The number of hydrogen-bond acceptors (Lipinski definition) is 0. The van der Waals surface area contributed by atoms with Gasteiger partial charge in [-0.2, -0.15) is 0 Å². The van der Waals surface area contributed by atoms with Crippen molar-refractivity contribution in [1.82, 2.24) is 9.13 Å². The van der Waals surface area contributed by atoms with Crippen molar-refractivity contribution in [2.45, 2.75) is 94.9 Å². The van der Waals surface area contributed by atoms with Crippen LogP contribution in [0.1, 0.15) is 95.2 Å². The van der Waals surface area contributed by atoms with Crippen molar-refractivity contribution in [1.29, 1.82) is 0 Å². The first kappa shape index (κ1) is 37.3. The highest BCUT2D eigenvalue weighted by atomic mass is 15.0. The summed E-state index contributed by atoms with van der Waals surface area (Å²) in [6.07, 6.45) is 0. The molecular weight excluding hydrogens is 722 g/mol. The van der Waals surface area contributed by atoms with Crippen LogP contribution in [0.25, 0.3) is 55.0 Å². The van der Waals surface area contributed by atoms with Crippen LogP contribution < -0.4 is 32.8 Å². The van der Waals surface area contributed by atoms with E-state index in [-0.39, 0.29) is 13.4 Å². The van der Waals surface area contributed by atoms with Gasteiger partial charge in [-0.05, 0) is 149 Å². The number of benzene rings is 7. The molecule has 2 aliphatic heterocycles. The van der Waals surface area contributed by atoms with E-state index in [1.807, 2.05) is 0 Å². The highest BCUT2D eigenvalue weighted by Gasteiger charge is 2.41. The maximum atomic E-state index is 2.66. The number of fused-ring (bicyclic) bond motifs is 10. The smallest absolute Gasteiger partial charge is 0.247 e. The summed E-state index contributed by atoms with van der Waals surface area (Å²) in [5.74, 6) is 0.799. The molecule has 2 aromatic heterocycles. The molecule has 0 N–H and O–H groups in total. The van der Waals surface area contributed by atoms with Crippen molar-refractivity contribution in [2.24, 2.45) is 0 Å². The summed E-state index contributed by atoms with van der Waals surface area (Å²) in [5.41, 5.74) is 29.9. The number of aromatic nitrogens is 2. The maximum Gasteiger partial charge on any atom is 0.247 e. The Labute approximate surface area is 356 Å². The van der Waals surface area contributed by atoms with Gasteiger partial charge in [0.1, 0.15) is 0 Å². The monoisotopic (exact) mass is 776 g/mol. The lowest BCUT2D eigenvalue weighted by Crippen LogP contribution is -2.61. The fourth-order valence-corrected chi connectivity index (χ4v) is 11.9. The minimum atomic E-state index is 0.0654. The highest BCUT2D eigenvalue weighted by molar-refractivity contribution is 7.00. The first-order valence-corrected chi connectivity index (χ1v) is 22.2. The van der Waals surface area contributed by atoms with E-state index in [4.69, 9.17) is 0 Å². The van der Waals surface area contributed by atoms with Gasteiger partial charge in [0.25, 0.3) is 0 Å². The molecule has 4 heterocycles. The molecule has 0 radical (unpaired) electrons. The summed E-state index contributed by atoms with van der Waals surface area (Å²) in [6.45, 7) is 27.9. The number of hydrogen-bond donors (Lipinski definition) is 0. The molecular formula is C56H54B2N2. The Balaban J connectivity index is 1.37. The van der Waals surface area contributed by atoms with Crippen LogP contribution in [0.4, 0.5) is 0 Å². The van der Waals surface area contributed by atoms with E-state index < -0.39 is 0 Å². The van der Waals surface area contributed by atoms with Crippen LogP contribution in [0.2, 0.25) is 0 Å². The Kier molecular flexibility index (Phi) is 8.01. The van der Waals surface area contributed by atoms with Crippen LogP contribution in [0, 0.1) is 55.4 Å². The standard InChI is InChI=1S/C56H54B2N2/c1-29(2)39-23-43-41-21-31(5)13-15-49(41)59-51-28-46-52(27-45(51)57(47(25-39)55(43)59)53-35(9)17-33(7)18-36(53)10)60-50-16-14-32(6)22-42(50)44-24-40(30(3)4)26-48(56(44)60)58(46)54-37(11)19-34(8)20-38(54)12/h13-30H,1-12H3. The first-order chi connectivity index (χ1) is 28.7. The molecule has 0 amide bonds. The second-order valence-electron chi connectivity index (χ2n) is 19.5. The molecule has 0 saturated carbocycles. The minimum Gasteiger partial charge on any atom is -0.310 e. The highest BCUT2D eigenvalue weighted by Crippen LogP contribution is 2.39. The Hall–Kier alpha value is -5.73. The topological polar surface area (TPSA) is 9.86 Å². The largest absolute Gasteiger partial charge is 0.310 e. The normalized spacial score (nSPS) is 13.2. The van der Waals surface area contributed by atoms with Crippen LogP contribution in [-0.4, -0.2) is 22.6 Å². The van der Waals surface area contributed by atoms with Crippen LogP contribution in [0.3, 0.4) is 0 Å². The molecule has 0 atom stereocenters. The third-order valence-corrected chi connectivity index (χ3v) is 14.4. The molecule has 4 heteroatoms. The Morgan fingerprint density at radius 2 is 0.733 bits per heavy atom. The minimum absolute atomic E-state index is 0.0654. The van der Waals surface area contributed by atoms with Gasteiger partial charge in [0.05, 0.1) is 11.0 Å². The van der Waals surface area contributed by atoms with E-state index in [9.17, 15) is 0 Å². The van der Waals surface area contributed by atoms with Gasteiger partial charge in [-0.15, -0.1) is 0 Å². The third-order valence-electron chi connectivity index (χ3n) is 14.4. The van der Waals surface area contributed by atoms with Crippen molar-refractivity contribution in [3.05, 3.63) is 153 Å². The summed E-state index contributed by atoms with van der Waals surface area (Å²) < 4.78 is 5.32. The molecule has 2 nitrogen and oxygen atoms in total. The van der Waals surface area contributed by atoms with E-state index >= 15 is 0 Å². The van der Waals surface area contributed by atoms with Gasteiger partial charge < -0.3 is 9.13 Å². The molecule has 0 fully saturated rings. The lowest BCUT2D eigenvalue weighted by atomic mass is 9.31. The lowest BCUT2D eigenvalue weighted by Gasteiger charge is -2.35. The van der Waals surface area contributed by atoms with Gasteiger partial charge in [0.15, 0.2) is 0 Å². The molecule has 0 bridgehead atoms. The van der Waals surface area contributed by atoms with Crippen molar-refractivity contribution in [3.8, 4) is 11.4 Å². The van der Waals surface area contributed by atoms with Crippen LogP contribution >= 0.6 is 0 Å². The molecule has 11 rings (SSSR count). The summed E-state index contributed by atoms with van der Waals surface area (Å²) in [5, 5.41) is 5.43. The summed E-state index contributed by atoms with van der Waals surface area (Å²) in [6, 6.07) is 39.3. The fourth-order valence-electron chi connectivity index (χ4n) is 11.9. The van der Waals surface area contributed by atoms with Crippen molar-refractivity contribution in [2.75, 3.05) is 0 Å². The van der Waals surface area contributed by atoms with Gasteiger partial charge >= 0.3 is 0 Å². The number of nitrogens with zero attached hydrogens (tertiary/aromatic N) is 2.